The molecule has 0 radical (unpaired) electrons. The maximum Gasteiger partial charge on any atom is 0.161 e. The molecule has 1 fully saturated rings. The number of nitrogens with zero attached hydrogens (tertiary/aromatic N) is 3. The first-order valence-corrected chi connectivity index (χ1v) is 7.08. The van der Waals surface area contributed by atoms with Crippen LogP contribution >= 0.6 is 15.9 Å². The molecule has 1 atom stereocenters. The van der Waals surface area contributed by atoms with E-state index >= 15 is 0 Å². The Morgan fingerprint density at radius 1 is 1.50 bits per heavy atom. The molecule has 3 rings (SSSR count). The average Bonchev–Trinajstić information content (AvgIpc) is 2.47. The summed E-state index contributed by atoms with van der Waals surface area (Å²) in [5.41, 5.74) is 8.55. The van der Waals surface area contributed by atoms with Gasteiger partial charge in [0.05, 0.1) is 42.3 Å². The molecule has 1 aliphatic heterocycles. The van der Waals surface area contributed by atoms with Gasteiger partial charge in [0.1, 0.15) is 0 Å². The van der Waals surface area contributed by atoms with E-state index in [1.54, 1.807) is 6.20 Å². The van der Waals surface area contributed by atoms with Crippen molar-refractivity contribution in [2.24, 2.45) is 0 Å². The molecule has 2 N–H and O–H groups in total. The van der Waals surface area contributed by atoms with Crippen molar-refractivity contribution >= 4 is 38.2 Å². The number of rotatable bonds is 1. The summed E-state index contributed by atoms with van der Waals surface area (Å²) in [6.45, 7) is 1.76. The second kappa shape index (κ2) is 5.27. The summed E-state index contributed by atoms with van der Waals surface area (Å²) < 4.78 is 6.36. The zero-order valence-electron chi connectivity index (χ0n) is 10.7. The van der Waals surface area contributed by atoms with Crippen molar-refractivity contribution in [1.82, 2.24) is 4.98 Å². The summed E-state index contributed by atoms with van der Waals surface area (Å²) in [5.74, 6) is 0. The first kappa shape index (κ1) is 13.2. The van der Waals surface area contributed by atoms with E-state index in [0.717, 1.165) is 21.1 Å². The lowest BCUT2D eigenvalue weighted by atomic mass is 10.1. The highest BCUT2D eigenvalue weighted by Gasteiger charge is 2.23. The van der Waals surface area contributed by atoms with Gasteiger partial charge in [-0.1, -0.05) is 15.9 Å². The number of halogens is 1. The lowest BCUT2D eigenvalue weighted by molar-refractivity contribution is 0.0766. The van der Waals surface area contributed by atoms with E-state index in [1.807, 2.05) is 18.2 Å². The van der Waals surface area contributed by atoms with Crippen LogP contribution in [0.5, 0.6) is 0 Å². The molecule has 6 heteroatoms. The molecular weight excluding hydrogens is 320 g/mol. The molecule has 0 amide bonds. The number of anilines is 2. The van der Waals surface area contributed by atoms with E-state index in [4.69, 9.17) is 15.7 Å². The first-order chi connectivity index (χ1) is 9.69. The van der Waals surface area contributed by atoms with E-state index in [9.17, 15) is 0 Å². The van der Waals surface area contributed by atoms with Crippen molar-refractivity contribution in [2.75, 3.05) is 30.3 Å². The molecule has 0 spiro atoms. The third-order valence-electron chi connectivity index (χ3n) is 3.36. The number of benzene rings is 1. The van der Waals surface area contributed by atoms with Crippen LogP contribution in [0.4, 0.5) is 11.4 Å². The van der Waals surface area contributed by atoms with Crippen molar-refractivity contribution in [3.8, 4) is 6.07 Å². The maximum absolute atomic E-state index is 9.03. The van der Waals surface area contributed by atoms with Gasteiger partial charge in [-0.25, -0.2) is 0 Å². The minimum Gasteiger partial charge on any atom is -0.396 e. The molecular formula is C14H13BrN4O. The number of nitrogen functional groups attached to an aromatic ring is 1. The van der Waals surface area contributed by atoms with Gasteiger partial charge in [-0.3, -0.25) is 4.98 Å². The monoisotopic (exact) mass is 332 g/mol. The Kier molecular flexibility index (Phi) is 3.47. The van der Waals surface area contributed by atoms with Crippen molar-refractivity contribution in [3.63, 3.8) is 0 Å². The Balaban J connectivity index is 2.12. The van der Waals surface area contributed by atoms with E-state index in [0.29, 0.717) is 25.4 Å². The predicted molar refractivity (Wildman–Crippen MR) is 81.4 cm³/mol. The van der Waals surface area contributed by atoms with Crippen molar-refractivity contribution in [1.29, 1.82) is 5.26 Å². The molecule has 0 aliphatic carbocycles. The Morgan fingerprint density at radius 2 is 2.35 bits per heavy atom. The van der Waals surface area contributed by atoms with Gasteiger partial charge in [-0.15, -0.1) is 0 Å². The second-order valence-electron chi connectivity index (χ2n) is 4.66. The largest absolute Gasteiger partial charge is 0.396 e. The molecule has 20 heavy (non-hydrogen) atoms. The van der Waals surface area contributed by atoms with Crippen LogP contribution in [0, 0.1) is 11.3 Å². The van der Waals surface area contributed by atoms with Crippen LogP contribution in [0.3, 0.4) is 0 Å². The van der Waals surface area contributed by atoms with Crippen molar-refractivity contribution in [2.45, 2.75) is 6.10 Å². The van der Waals surface area contributed by atoms with Gasteiger partial charge in [0.25, 0.3) is 0 Å². The molecule has 1 unspecified atom stereocenters. The number of nitriles is 1. The average molecular weight is 333 g/mol. The zero-order valence-corrected chi connectivity index (χ0v) is 12.3. The van der Waals surface area contributed by atoms with Gasteiger partial charge in [-0.2, -0.15) is 5.26 Å². The first-order valence-electron chi connectivity index (χ1n) is 6.29. The molecule has 102 valence electrons. The molecule has 2 aromatic rings. The topological polar surface area (TPSA) is 75.2 Å². The highest BCUT2D eigenvalue weighted by atomic mass is 79.9. The van der Waals surface area contributed by atoms with Gasteiger partial charge in [-0.05, 0) is 18.2 Å². The Morgan fingerprint density at radius 3 is 3.15 bits per heavy atom. The SMILES string of the molecule is N#CC1CN(c2c(N)cnc3ccc(Br)cc23)CCO1. The van der Waals surface area contributed by atoms with Gasteiger partial charge < -0.3 is 15.4 Å². The lowest BCUT2D eigenvalue weighted by Crippen LogP contribution is -2.42. The molecule has 0 saturated carbocycles. The standard InChI is InChI=1S/C14H13BrN4O/c15-9-1-2-13-11(5-9)14(12(17)7-18-13)19-3-4-20-10(6-16)8-19/h1-2,5,7,10H,3-4,8,17H2. The zero-order chi connectivity index (χ0) is 14.1. The molecule has 5 nitrogen and oxygen atoms in total. The quantitative estimate of drug-likeness (QED) is 0.867. The summed E-state index contributed by atoms with van der Waals surface area (Å²) in [5, 5.41) is 10.0. The Bertz CT molecular complexity index is 692. The third kappa shape index (κ3) is 2.30. The number of ether oxygens (including phenoxy) is 1. The van der Waals surface area contributed by atoms with Gasteiger partial charge >= 0.3 is 0 Å². The fourth-order valence-corrected chi connectivity index (χ4v) is 2.81. The number of morpholine rings is 1. The molecule has 0 bridgehead atoms. The lowest BCUT2D eigenvalue weighted by Gasteiger charge is -2.33. The van der Waals surface area contributed by atoms with Crippen LogP contribution in [0.15, 0.2) is 28.9 Å². The van der Waals surface area contributed by atoms with Crippen LogP contribution in [0.1, 0.15) is 0 Å². The van der Waals surface area contributed by atoms with Crippen LogP contribution < -0.4 is 10.6 Å². The highest BCUT2D eigenvalue weighted by molar-refractivity contribution is 9.10. The minimum atomic E-state index is -0.418. The van der Waals surface area contributed by atoms with Crippen LogP contribution in [0.25, 0.3) is 10.9 Å². The van der Waals surface area contributed by atoms with Crippen LogP contribution in [-0.2, 0) is 4.74 Å². The number of hydrogen-bond donors (Lipinski definition) is 1. The second-order valence-corrected chi connectivity index (χ2v) is 5.57. The fourth-order valence-electron chi connectivity index (χ4n) is 2.45. The van der Waals surface area contributed by atoms with Gasteiger partial charge in [0.15, 0.2) is 6.10 Å². The summed E-state index contributed by atoms with van der Waals surface area (Å²) in [7, 11) is 0. The van der Waals surface area contributed by atoms with E-state index < -0.39 is 6.10 Å². The normalized spacial score (nSPS) is 19.0. The number of pyridine rings is 1. The van der Waals surface area contributed by atoms with Crippen LogP contribution in [-0.4, -0.2) is 30.8 Å². The summed E-state index contributed by atoms with van der Waals surface area (Å²) >= 11 is 3.48. The predicted octanol–water partition coefficient (Wildman–Crippen LogP) is 2.31. The highest BCUT2D eigenvalue weighted by Crippen LogP contribution is 2.34. The van der Waals surface area contributed by atoms with Crippen molar-refractivity contribution in [3.05, 3.63) is 28.9 Å². The molecule has 1 saturated heterocycles. The fraction of sp³-hybridized carbons (Fsp3) is 0.286. The van der Waals surface area contributed by atoms with Crippen LogP contribution in [0.2, 0.25) is 0 Å². The minimum absolute atomic E-state index is 0.418. The molecule has 1 aromatic heterocycles. The van der Waals surface area contributed by atoms with Crippen molar-refractivity contribution < 1.29 is 4.74 Å². The smallest absolute Gasteiger partial charge is 0.161 e. The van der Waals surface area contributed by atoms with E-state index in [2.05, 4.69) is 31.9 Å². The number of aromatic nitrogens is 1. The number of fused-ring (bicyclic) bond motifs is 1. The summed E-state index contributed by atoms with van der Waals surface area (Å²) in [4.78, 5) is 6.45. The maximum atomic E-state index is 9.03. The summed E-state index contributed by atoms with van der Waals surface area (Å²) in [6, 6.07) is 8.06. The third-order valence-corrected chi connectivity index (χ3v) is 3.85. The Labute approximate surface area is 125 Å². The summed E-state index contributed by atoms with van der Waals surface area (Å²) in [6.07, 6.45) is 1.25. The molecule has 1 aliphatic rings. The van der Waals surface area contributed by atoms with Gasteiger partial charge in [0, 0.05) is 16.4 Å². The number of hydrogen-bond acceptors (Lipinski definition) is 5. The van der Waals surface area contributed by atoms with E-state index in [-0.39, 0.29) is 0 Å². The molecule has 1 aromatic carbocycles. The van der Waals surface area contributed by atoms with Gasteiger partial charge in [0.2, 0.25) is 0 Å². The Hall–Kier alpha value is -1.84. The van der Waals surface area contributed by atoms with E-state index in [1.165, 1.54) is 0 Å². The molecule has 2 heterocycles. The number of nitrogens with two attached hydrogens (primary N) is 1.